The summed E-state index contributed by atoms with van der Waals surface area (Å²) < 4.78 is 69.0. The number of alkyl halides is 3. The summed E-state index contributed by atoms with van der Waals surface area (Å²) in [4.78, 5) is 18.3. The van der Waals surface area contributed by atoms with E-state index in [0.717, 1.165) is 5.69 Å². The van der Waals surface area contributed by atoms with Gasteiger partial charge in [-0.05, 0) is 48.4 Å². The van der Waals surface area contributed by atoms with Crippen molar-refractivity contribution in [2.45, 2.75) is 44.4 Å². The third-order valence-electron chi connectivity index (χ3n) is 6.97. The van der Waals surface area contributed by atoms with Crippen LogP contribution in [0.2, 0.25) is 0 Å². The number of hydrogen-bond acceptors (Lipinski definition) is 8. The van der Waals surface area contributed by atoms with Crippen LogP contribution < -0.4 is 19.1 Å². The Bertz CT molecular complexity index is 1340. The maximum absolute atomic E-state index is 15.1. The third kappa shape index (κ3) is 6.55. The quantitative estimate of drug-likeness (QED) is 0.219. The van der Waals surface area contributed by atoms with Crippen LogP contribution >= 0.6 is 0 Å². The Balaban J connectivity index is 1.12. The van der Waals surface area contributed by atoms with E-state index in [2.05, 4.69) is 14.6 Å². The zero-order chi connectivity index (χ0) is 28.4. The Morgan fingerprint density at radius 1 is 1.15 bits per heavy atom. The number of hydrogen-bond donors (Lipinski definition) is 0. The SMILES string of the molecule is CN(Cc1ccc(N2CCC(Oc3ccc(OC(F)(F)F)cc3)CC2)cc1F)[C@@H]1COc2nc([N+](=O)[O-])cn2C1. The molecular weight excluding hydrogens is 538 g/mol. The Kier molecular flexibility index (Phi) is 7.70. The van der Waals surface area contributed by atoms with E-state index < -0.39 is 11.3 Å². The normalized spacial score (nSPS) is 17.9. The van der Waals surface area contributed by atoms with Crippen molar-refractivity contribution in [3.63, 3.8) is 0 Å². The molecule has 3 aromatic rings. The van der Waals surface area contributed by atoms with Gasteiger partial charge in [0.05, 0.1) is 6.04 Å². The fraction of sp³-hybridized carbons (Fsp3) is 0.423. The zero-order valence-corrected chi connectivity index (χ0v) is 21.5. The van der Waals surface area contributed by atoms with E-state index in [1.54, 1.807) is 10.6 Å². The molecule has 3 heterocycles. The fourth-order valence-corrected chi connectivity index (χ4v) is 4.84. The average Bonchev–Trinajstić information content (AvgIpc) is 3.35. The van der Waals surface area contributed by atoms with Crippen LogP contribution in [-0.2, 0) is 13.1 Å². The molecule has 1 fully saturated rings. The molecule has 2 aliphatic heterocycles. The molecule has 0 unspecified atom stereocenters. The molecule has 14 heteroatoms. The van der Waals surface area contributed by atoms with Crippen molar-refractivity contribution >= 4 is 11.5 Å². The monoisotopic (exact) mass is 565 g/mol. The van der Waals surface area contributed by atoms with Gasteiger partial charge in [0.25, 0.3) is 0 Å². The van der Waals surface area contributed by atoms with Gasteiger partial charge in [0.2, 0.25) is 0 Å². The van der Waals surface area contributed by atoms with Crippen molar-refractivity contribution in [2.24, 2.45) is 0 Å². The van der Waals surface area contributed by atoms with Gasteiger partial charge < -0.3 is 29.2 Å². The van der Waals surface area contributed by atoms with Gasteiger partial charge in [0.15, 0.2) is 0 Å². The largest absolute Gasteiger partial charge is 0.573 e. The van der Waals surface area contributed by atoms with Gasteiger partial charge in [0, 0.05) is 55.3 Å². The first-order chi connectivity index (χ1) is 19.0. The molecule has 10 nitrogen and oxygen atoms in total. The Hall–Kier alpha value is -4.07. The molecular formula is C26H27F4N5O5. The van der Waals surface area contributed by atoms with Gasteiger partial charge in [-0.15, -0.1) is 13.2 Å². The summed E-state index contributed by atoms with van der Waals surface area (Å²) >= 11 is 0. The molecule has 0 spiro atoms. The van der Waals surface area contributed by atoms with E-state index in [1.165, 1.54) is 36.5 Å². The summed E-state index contributed by atoms with van der Waals surface area (Å²) in [6.07, 6.45) is -2.18. The van der Waals surface area contributed by atoms with E-state index in [1.807, 2.05) is 18.0 Å². The molecule has 1 atom stereocenters. The molecule has 1 saturated heterocycles. The minimum Gasteiger partial charge on any atom is -0.490 e. The number of piperidine rings is 1. The van der Waals surface area contributed by atoms with Crippen LogP contribution in [0.25, 0.3) is 0 Å². The highest BCUT2D eigenvalue weighted by molar-refractivity contribution is 5.48. The molecule has 0 radical (unpaired) electrons. The van der Waals surface area contributed by atoms with Gasteiger partial charge >= 0.3 is 18.2 Å². The number of rotatable bonds is 8. The van der Waals surface area contributed by atoms with Gasteiger partial charge in [0.1, 0.15) is 36.2 Å². The van der Waals surface area contributed by atoms with Crippen LogP contribution in [0.1, 0.15) is 18.4 Å². The van der Waals surface area contributed by atoms with Crippen LogP contribution in [0.4, 0.5) is 29.1 Å². The van der Waals surface area contributed by atoms with Crippen LogP contribution in [-0.4, -0.2) is 64.6 Å². The first-order valence-corrected chi connectivity index (χ1v) is 12.6. The number of ether oxygens (including phenoxy) is 3. The van der Waals surface area contributed by atoms with Gasteiger partial charge in [-0.2, -0.15) is 0 Å². The second-order valence-electron chi connectivity index (χ2n) is 9.77. The van der Waals surface area contributed by atoms with Crippen molar-refractivity contribution < 1.29 is 36.7 Å². The van der Waals surface area contributed by atoms with Gasteiger partial charge in [-0.3, -0.25) is 9.47 Å². The summed E-state index contributed by atoms with van der Waals surface area (Å²) in [7, 11) is 1.85. The third-order valence-corrected chi connectivity index (χ3v) is 6.97. The molecule has 2 aromatic carbocycles. The lowest BCUT2D eigenvalue weighted by atomic mass is 10.1. The molecule has 214 valence electrons. The first kappa shape index (κ1) is 27.5. The van der Waals surface area contributed by atoms with Crippen LogP contribution in [0.5, 0.6) is 17.5 Å². The lowest BCUT2D eigenvalue weighted by Crippen LogP contribution is -2.42. The topological polar surface area (TPSA) is 95.1 Å². The summed E-state index contributed by atoms with van der Waals surface area (Å²) in [5, 5.41) is 11.0. The maximum atomic E-state index is 15.1. The van der Waals surface area contributed by atoms with Crippen LogP contribution in [0.15, 0.2) is 48.7 Å². The summed E-state index contributed by atoms with van der Waals surface area (Å²) in [6.45, 7) is 2.32. The van der Waals surface area contributed by atoms with Gasteiger partial charge in [-0.1, -0.05) is 6.07 Å². The number of imidazole rings is 1. The molecule has 0 aliphatic carbocycles. The Labute approximate surface area is 226 Å². The smallest absolute Gasteiger partial charge is 0.490 e. The summed E-state index contributed by atoms with van der Waals surface area (Å²) in [5.74, 6) is -0.459. The van der Waals surface area contributed by atoms with Crippen molar-refractivity contribution in [3.05, 3.63) is 70.2 Å². The van der Waals surface area contributed by atoms with Crippen molar-refractivity contribution in [2.75, 3.05) is 31.6 Å². The zero-order valence-electron chi connectivity index (χ0n) is 21.5. The number of anilines is 1. The lowest BCUT2D eigenvalue weighted by Gasteiger charge is -2.34. The Morgan fingerprint density at radius 2 is 1.85 bits per heavy atom. The van der Waals surface area contributed by atoms with Gasteiger partial charge in [-0.25, -0.2) is 4.39 Å². The summed E-state index contributed by atoms with van der Waals surface area (Å²) in [6, 6.07) is 10.5. The minimum atomic E-state index is -4.74. The molecule has 0 bridgehead atoms. The van der Waals surface area contributed by atoms with E-state index in [4.69, 9.17) is 9.47 Å². The van der Waals surface area contributed by atoms with Crippen LogP contribution in [0, 0.1) is 15.9 Å². The number of nitro groups is 1. The predicted molar refractivity (Wildman–Crippen MR) is 135 cm³/mol. The molecule has 0 N–H and O–H groups in total. The molecule has 1 aromatic heterocycles. The number of aromatic nitrogens is 2. The fourth-order valence-electron chi connectivity index (χ4n) is 4.84. The first-order valence-electron chi connectivity index (χ1n) is 12.6. The highest BCUT2D eigenvalue weighted by Crippen LogP contribution is 2.29. The van der Waals surface area contributed by atoms with E-state index in [0.29, 0.717) is 50.3 Å². The molecule has 5 rings (SSSR count). The number of fused-ring (bicyclic) bond motifs is 1. The molecule has 40 heavy (non-hydrogen) atoms. The minimum absolute atomic E-state index is 0.112. The number of benzene rings is 2. The van der Waals surface area contributed by atoms with Crippen molar-refractivity contribution in [1.82, 2.24) is 14.5 Å². The van der Waals surface area contributed by atoms with Crippen molar-refractivity contribution in [3.8, 4) is 17.5 Å². The highest BCUT2D eigenvalue weighted by atomic mass is 19.4. The van der Waals surface area contributed by atoms with E-state index in [-0.39, 0.29) is 42.1 Å². The average molecular weight is 566 g/mol. The molecule has 0 amide bonds. The highest BCUT2D eigenvalue weighted by Gasteiger charge is 2.32. The Morgan fingerprint density at radius 3 is 2.50 bits per heavy atom. The second kappa shape index (κ2) is 11.2. The standard InChI is InChI=1S/C26H27F4N5O5/c1-32(19-14-34-15-24(35(36)37)31-25(34)38-16-19)13-17-2-3-18(12-23(17)27)33-10-8-21(9-11-33)39-20-4-6-22(7-5-20)40-26(28,29)30/h2-7,12,15,19,21H,8-11,13-14,16H2,1H3/t19-/m0/s1. The van der Waals surface area contributed by atoms with Crippen molar-refractivity contribution in [1.29, 1.82) is 0 Å². The number of halogens is 4. The predicted octanol–water partition coefficient (Wildman–Crippen LogP) is 4.77. The maximum Gasteiger partial charge on any atom is 0.573 e. The molecule has 2 aliphatic rings. The molecule has 0 saturated carbocycles. The summed E-state index contributed by atoms with van der Waals surface area (Å²) in [5.41, 5.74) is 1.28. The lowest BCUT2D eigenvalue weighted by molar-refractivity contribution is -0.389. The number of likely N-dealkylation sites (N-methyl/N-ethyl adjacent to an activating group) is 1. The number of nitrogens with zero attached hydrogens (tertiary/aromatic N) is 5. The van der Waals surface area contributed by atoms with E-state index in [9.17, 15) is 23.3 Å². The van der Waals surface area contributed by atoms with E-state index >= 15 is 4.39 Å². The second-order valence-corrected chi connectivity index (χ2v) is 9.77. The van der Waals surface area contributed by atoms with Crippen LogP contribution in [0.3, 0.4) is 0 Å².